The monoisotopic (exact) mass is 342 g/mol. The van der Waals surface area contributed by atoms with E-state index in [0.717, 1.165) is 0 Å². The highest BCUT2D eigenvalue weighted by atomic mass is 16.5. The lowest BCUT2D eigenvalue weighted by molar-refractivity contribution is -0.141. The van der Waals surface area contributed by atoms with E-state index in [9.17, 15) is 9.59 Å². The van der Waals surface area contributed by atoms with Crippen LogP contribution < -0.4 is 4.74 Å². The van der Waals surface area contributed by atoms with Crippen LogP contribution in [0.15, 0.2) is 48.8 Å². The van der Waals surface area contributed by atoms with E-state index in [1.54, 1.807) is 53.7 Å². The molecule has 0 saturated carbocycles. The van der Waals surface area contributed by atoms with Crippen molar-refractivity contribution in [1.29, 1.82) is 0 Å². The largest absolute Gasteiger partial charge is 0.481 e. The lowest BCUT2D eigenvalue weighted by Gasteiger charge is -2.32. The van der Waals surface area contributed by atoms with E-state index >= 15 is 0 Å². The summed E-state index contributed by atoms with van der Waals surface area (Å²) in [6.07, 6.45) is 2.69. The molecule has 0 spiro atoms. The van der Waals surface area contributed by atoms with Crippen molar-refractivity contribution in [1.82, 2.24) is 9.88 Å². The van der Waals surface area contributed by atoms with E-state index in [1.165, 1.54) is 0 Å². The first-order chi connectivity index (χ1) is 12.1. The summed E-state index contributed by atoms with van der Waals surface area (Å²) in [6, 6.07) is 10.4. The standard InChI is InChI=1S/C18H18N2O5/c21-17(22)10-16-12-20(8-9-24-16)18(23)13-3-5-14(6-4-13)25-15-2-1-7-19-11-15/h1-7,11,16H,8-10,12H2,(H,21,22). The van der Waals surface area contributed by atoms with Crippen molar-refractivity contribution in [3.05, 3.63) is 54.4 Å². The third-order valence-corrected chi connectivity index (χ3v) is 3.80. The topological polar surface area (TPSA) is 89.0 Å². The molecule has 0 aliphatic carbocycles. The number of benzene rings is 1. The molecule has 1 amide bonds. The minimum atomic E-state index is -0.934. The van der Waals surface area contributed by atoms with Crippen LogP contribution in [0.5, 0.6) is 11.5 Å². The highest BCUT2D eigenvalue weighted by Crippen LogP contribution is 2.21. The van der Waals surface area contributed by atoms with Gasteiger partial charge in [-0.3, -0.25) is 14.6 Å². The van der Waals surface area contributed by atoms with Gasteiger partial charge in [0.25, 0.3) is 5.91 Å². The molecule has 1 N–H and O–H groups in total. The summed E-state index contributed by atoms with van der Waals surface area (Å²) in [5.41, 5.74) is 0.523. The fourth-order valence-electron chi connectivity index (χ4n) is 2.61. The van der Waals surface area contributed by atoms with Crippen LogP contribution in [0.4, 0.5) is 0 Å². The van der Waals surface area contributed by atoms with Gasteiger partial charge in [0.2, 0.25) is 0 Å². The average Bonchev–Trinajstić information content (AvgIpc) is 2.62. The maximum absolute atomic E-state index is 12.6. The number of amides is 1. The molecule has 1 saturated heterocycles. The van der Waals surface area contributed by atoms with E-state index < -0.39 is 12.1 Å². The zero-order valence-electron chi connectivity index (χ0n) is 13.5. The summed E-state index contributed by atoms with van der Waals surface area (Å²) < 4.78 is 11.0. The minimum absolute atomic E-state index is 0.109. The highest BCUT2D eigenvalue weighted by molar-refractivity contribution is 5.94. The number of morpholine rings is 1. The lowest BCUT2D eigenvalue weighted by atomic mass is 10.1. The number of nitrogens with zero attached hydrogens (tertiary/aromatic N) is 2. The first kappa shape index (κ1) is 16.9. The van der Waals surface area contributed by atoms with Crippen LogP contribution >= 0.6 is 0 Å². The smallest absolute Gasteiger partial charge is 0.306 e. The molecule has 1 fully saturated rings. The summed E-state index contributed by atoms with van der Waals surface area (Å²) >= 11 is 0. The molecule has 2 aromatic rings. The molecule has 130 valence electrons. The molecule has 0 bridgehead atoms. The number of pyridine rings is 1. The van der Waals surface area contributed by atoms with Gasteiger partial charge in [0, 0.05) is 24.8 Å². The van der Waals surface area contributed by atoms with Gasteiger partial charge in [0.05, 0.1) is 25.3 Å². The Kier molecular flexibility index (Phi) is 5.25. The van der Waals surface area contributed by atoms with Crippen molar-refractivity contribution < 1.29 is 24.2 Å². The Labute approximate surface area is 144 Å². The van der Waals surface area contributed by atoms with Crippen molar-refractivity contribution >= 4 is 11.9 Å². The zero-order chi connectivity index (χ0) is 17.6. The number of carboxylic acid groups (broad SMARTS) is 1. The van der Waals surface area contributed by atoms with Crippen molar-refractivity contribution in [3.8, 4) is 11.5 Å². The van der Waals surface area contributed by atoms with E-state index in [-0.39, 0.29) is 18.9 Å². The molecular formula is C18H18N2O5. The summed E-state index contributed by atoms with van der Waals surface area (Å²) in [6.45, 7) is 1.06. The SMILES string of the molecule is O=C(O)CC1CN(C(=O)c2ccc(Oc3cccnc3)cc2)CCO1. The van der Waals surface area contributed by atoms with Crippen molar-refractivity contribution in [2.24, 2.45) is 0 Å². The highest BCUT2D eigenvalue weighted by Gasteiger charge is 2.26. The molecule has 1 aromatic heterocycles. The first-order valence-corrected chi connectivity index (χ1v) is 7.92. The van der Waals surface area contributed by atoms with Crippen LogP contribution in [0.2, 0.25) is 0 Å². The van der Waals surface area contributed by atoms with Crippen LogP contribution in [-0.2, 0) is 9.53 Å². The Bertz CT molecular complexity index is 733. The minimum Gasteiger partial charge on any atom is -0.481 e. The number of aliphatic carboxylic acids is 1. The Morgan fingerprint density at radius 2 is 2.04 bits per heavy atom. The molecule has 3 rings (SSSR count). The number of carbonyl (C=O) groups is 2. The molecule has 2 heterocycles. The number of carboxylic acids is 1. The summed E-state index contributed by atoms with van der Waals surface area (Å²) in [5.74, 6) is 0.143. The second-order valence-corrected chi connectivity index (χ2v) is 5.66. The van der Waals surface area contributed by atoms with Crippen molar-refractivity contribution in [2.45, 2.75) is 12.5 Å². The Morgan fingerprint density at radius 1 is 1.24 bits per heavy atom. The molecule has 1 atom stereocenters. The third-order valence-electron chi connectivity index (χ3n) is 3.80. The number of aromatic nitrogens is 1. The molecule has 1 unspecified atom stereocenters. The van der Waals surface area contributed by atoms with Gasteiger partial charge in [-0.25, -0.2) is 0 Å². The fraction of sp³-hybridized carbons (Fsp3) is 0.278. The van der Waals surface area contributed by atoms with Gasteiger partial charge in [-0.15, -0.1) is 0 Å². The molecule has 1 aliphatic heterocycles. The summed E-state index contributed by atoms with van der Waals surface area (Å²) in [4.78, 5) is 29.0. The molecule has 0 radical (unpaired) electrons. The van der Waals surface area contributed by atoms with Gasteiger partial charge in [-0.05, 0) is 36.4 Å². The van der Waals surface area contributed by atoms with Crippen LogP contribution in [0.1, 0.15) is 16.8 Å². The maximum Gasteiger partial charge on any atom is 0.306 e. The number of carbonyl (C=O) groups excluding carboxylic acids is 1. The Balaban J connectivity index is 1.63. The van der Waals surface area contributed by atoms with Crippen LogP contribution in [-0.4, -0.2) is 52.7 Å². The van der Waals surface area contributed by atoms with Crippen LogP contribution in [0.3, 0.4) is 0 Å². The van der Waals surface area contributed by atoms with Crippen LogP contribution in [0, 0.1) is 0 Å². The third kappa shape index (κ3) is 4.54. The van der Waals surface area contributed by atoms with Gasteiger partial charge >= 0.3 is 5.97 Å². The van der Waals surface area contributed by atoms with Crippen molar-refractivity contribution in [2.75, 3.05) is 19.7 Å². The normalized spacial score (nSPS) is 17.1. The second kappa shape index (κ2) is 7.76. The van der Waals surface area contributed by atoms with Gasteiger partial charge in [0.1, 0.15) is 11.5 Å². The molecular weight excluding hydrogens is 324 g/mol. The van der Waals surface area contributed by atoms with Gasteiger partial charge in [-0.1, -0.05) is 0 Å². The Hall–Kier alpha value is -2.93. The predicted octanol–water partition coefficient (Wildman–Crippen LogP) is 2.19. The fourth-order valence-corrected chi connectivity index (χ4v) is 2.61. The summed E-state index contributed by atoms with van der Waals surface area (Å²) in [5, 5.41) is 8.86. The number of ether oxygens (including phenoxy) is 2. The predicted molar refractivity (Wildman–Crippen MR) is 88.6 cm³/mol. The quantitative estimate of drug-likeness (QED) is 0.896. The van der Waals surface area contributed by atoms with Crippen molar-refractivity contribution in [3.63, 3.8) is 0 Å². The molecule has 7 heteroatoms. The first-order valence-electron chi connectivity index (χ1n) is 7.92. The van der Waals surface area contributed by atoms with E-state index in [2.05, 4.69) is 4.98 Å². The molecule has 25 heavy (non-hydrogen) atoms. The molecule has 1 aromatic carbocycles. The van der Waals surface area contributed by atoms with Gasteiger partial charge in [0.15, 0.2) is 0 Å². The number of hydrogen-bond donors (Lipinski definition) is 1. The molecule has 7 nitrogen and oxygen atoms in total. The Morgan fingerprint density at radius 3 is 2.72 bits per heavy atom. The maximum atomic E-state index is 12.6. The van der Waals surface area contributed by atoms with E-state index in [0.29, 0.717) is 30.2 Å². The number of hydrogen-bond acceptors (Lipinski definition) is 5. The van der Waals surface area contributed by atoms with E-state index in [4.69, 9.17) is 14.6 Å². The van der Waals surface area contributed by atoms with Gasteiger partial charge < -0.3 is 19.5 Å². The molecule has 1 aliphatic rings. The van der Waals surface area contributed by atoms with E-state index in [1.807, 2.05) is 0 Å². The van der Waals surface area contributed by atoms with Crippen LogP contribution in [0.25, 0.3) is 0 Å². The zero-order valence-corrected chi connectivity index (χ0v) is 13.5. The lowest BCUT2D eigenvalue weighted by Crippen LogP contribution is -2.46. The summed E-state index contributed by atoms with van der Waals surface area (Å²) in [7, 11) is 0. The second-order valence-electron chi connectivity index (χ2n) is 5.66. The van der Waals surface area contributed by atoms with Gasteiger partial charge in [-0.2, -0.15) is 0 Å². The average molecular weight is 342 g/mol. The number of rotatable bonds is 5.